The Morgan fingerprint density at radius 3 is 2.50 bits per heavy atom. The van der Waals surface area contributed by atoms with Gasteiger partial charge >= 0.3 is 0 Å². The highest BCUT2D eigenvalue weighted by Crippen LogP contribution is 2.18. The predicted octanol–water partition coefficient (Wildman–Crippen LogP) is 0.801. The van der Waals surface area contributed by atoms with Gasteiger partial charge in [0, 0.05) is 44.9 Å². The number of ether oxygens (including phenoxy) is 1. The summed E-state index contributed by atoms with van der Waals surface area (Å²) < 4.78 is 5.40. The first-order valence-corrected chi connectivity index (χ1v) is 5.79. The Bertz CT molecular complexity index is 180. The van der Waals surface area contributed by atoms with Gasteiger partial charge in [0.15, 0.2) is 0 Å². The zero-order valence-corrected chi connectivity index (χ0v) is 9.41. The molecule has 0 spiro atoms. The molecule has 82 valence electrons. The molecule has 1 unspecified atom stereocenters. The van der Waals surface area contributed by atoms with Crippen LogP contribution in [0.1, 0.15) is 19.8 Å². The molecule has 0 saturated carbocycles. The lowest BCUT2D eigenvalue weighted by molar-refractivity contribution is 0.00443. The summed E-state index contributed by atoms with van der Waals surface area (Å²) >= 11 is 0. The lowest BCUT2D eigenvalue weighted by Crippen LogP contribution is -2.54. The smallest absolute Gasteiger partial charge is 0.0480 e. The third kappa shape index (κ3) is 2.27. The van der Waals surface area contributed by atoms with E-state index in [1.807, 2.05) is 0 Å². The molecule has 0 bridgehead atoms. The molecule has 2 aliphatic rings. The average Bonchev–Trinajstić information content (AvgIpc) is 2.23. The van der Waals surface area contributed by atoms with Crippen LogP contribution in [0, 0.1) is 0 Å². The SMILES string of the molecule is CC1CN(C2CCOCC2)CCN1C. The van der Waals surface area contributed by atoms with E-state index < -0.39 is 0 Å². The van der Waals surface area contributed by atoms with Crippen LogP contribution in [0.3, 0.4) is 0 Å². The third-order valence-electron chi connectivity index (χ3n) is 3.70. The van der Waals surface area contributed by atoms with Crippen molar-refractivity contribution in [2.75, 3.05) is 39.9 Å². The summed E-state index contributed by atoms with van der Waals surface area (Å²) in [6.45, 7) is 7.95. The summed E-state index contributed by atoms with van der Waals surface area (Å²) in [6, 6.07) is 1.51. The summed E-state index contributed by atoms with van der Waals surface area (Å²) in [5, 5.41) is 0. The van der Waals surface area contributed by atoms with Gasteiger partial charge in [0.25, 0.3) is 0 Å². The van der Waals surface area contributed by atoms with Crippen molar-refractivity contribution in [3.8, 4) is 0 Å². The first kappa shape index (κ1) is 10.4. The fourth-order valence-corrected chi connectivity index (χ4v) is 2.46. The minimum atomic E-state index is 0.714. The molecule has 0 aromatic heterocycles. The standard InChI is InChI=1S/C11H22N2O/c1-10-9-13(6-5-12(10)2)11-3-7-14-8-4-11/h10-11H,3-9H2,1-2H3. The molecule has 14 heavy (non-hydrogen) atoms. The van der Waals surface area contributed by atoms with Crippen molar-refractivity contribution in [3.05, 3.63) is 0 Å². The summed E-state index contributed by atoms with van der Waals surface area (Å²) in [5.41, 5.74) is 0. The molecule has 2 aliphatic heterocycles. The van der Waals surface area contributed by atoms with Gasteiger partial charge in [-0.2, -0.15) is 0 Å². The number of nitrogens with zero attached hydrogens (tertiary/aromatic N) is 2. The average molecular weight is 198 g/mol. The molecular weight excluding hydrogens is 176 g/mol. The van der Waals surface area contributed by atoms with Gasteiger partial charge in [-0.25, -0.2) is 0 Å². The molecule has 3 heteroatoms. The maximum atomic E-state index is 5.40. The minimum absolute atomic E-state index is 0.714. The molecule has 0 aromatic rings. The highest BCUT2D eigenvalue weighted by atomic mass is 16.5. The van der Waals surface area contributed by atoms with Crippen LogP contribution in [-0.2, 0) is 4.74 Å². The Kier molecular flexibility index (Phi) is 3.42. The highest BCUT2D eigenvalue weighted by Gasteiger charge is 2.27. The van der Waals surface area contributed by atoms with Gasteiger partial charge in [-0.1, -0.05) is 0 Å². The van der Waals surface area contributed by atoms with Crippen LogP contribution in [0.25, 0.3) is 0 Å². The molecule has 0 radical (unpaired) electrons. The van der Waals surface area contributed by atoms with E-state index in [2.05, 4.69) is 23.8 Å². The second-order valence-electron chi connectivity index (χ2n) is 4.67. The van der Waals surface area contributed by atoms with Crippen LogP contribution in [0.4, 0.5) is 0 Å². The van der Waals surface area contributed by atoms with Gasteiger partial charge in [0.1, 0.15) is 0 Å². The van der Waals surface area contributed by atoms with Crippen LogP contribution in [0.15, 0.2) is 0 Å². The van der Waals surface area contributed by atoms with Crippen molar-refractivity contribution in [2.45, 2.75) is 31.8 Å². The molecule has 1 atom stereocenters. The molecule has 0 amide bonds. The number of hydrogen-bond acceptors (Lipinski definition) is 3. The molecule has 2 fully saturated rings. The fraction of sp³-hybridized carbons (Fsp3) is 1.00. The van der Waals surface area contributed by atoms with Gasteiger partial charge in [0.2, 0.25) is 0 Å². The lowest BCUT2D eigenvalue weighted by Gasteiger charge is -2.42. The first-order chi connectivity index (χ1) is 6.77. The fourth-order valence-electron chi connectivity index (χ4n) is 2.46. The van der Waals surface area contributed by atoms with E-state index >= 15 is 0 Å². The van der Waals surface area contributed by atoms with Gasteiger partial charge in [-0.15, -0.1) is 0 Å². The monoisotopic (exact) mass is 198 g/mol. The van der Waals surface area contributed by atoms with Gasteiger partial charge in [-0.05, 0) is 26.8 Å². The van der Waals surface area contributed by atoms with E-state index in [1.54, 1.807) is 0 Å². The maximum Gasteiger partial charge on any atom is 0.0480 e. The van der Waals surface area contributed by atoms with E-state index in [0.29, 0.717) is 6.04 Å². The van der Waals surface area contributed by atoms with E-state index in [9.17, 15) is 0 Å². The Labute approximate surface area is 87.0 Å². The molecule has 2 saturated heterocycles. The first-order valence-electron chi connectivity index (χ1n) is 5.79. The molecule has 0 aromatic carbocycles. The van der Waals surface area contributed by atoms with Crippen molar-refractivity contribution in [1.29, 1.82) is 0 Å². The summed E-state index contributed by atoms with van der Waals surface area (Å²) in [5.74, 6) is 0. The predicted molar refractivity (Wildman–Crippen MR) is 57.5 cm³/mol. The van der Waals surface area contributed by atoms with Crippen molar-refractivity contribution >= 4 is 0 Å². The van der Waals surface area contributed by atoms with Crippen molar-refractivity contribution in [1.82, 2.24) is 9.80 Å². The molecule has 0 N–H and O–H groups in total. The van der Waals surface area contributed by atoms with Crippen LogP contribution < -0.4 is 0 Å². The zero-order valence-electron chi connectivity index (χ0n) is 9.41. The minimum Gasteiger partial charge on any atom is -0.381 e. The molecule has 0 aliphatic carbocycles. The molecule has 2 rings (SSSR count). The van der Waals surface area contributed by atoms with Crippen LogP contribution in [0.5, 0.6) is 0 Å². The van der Waals surface area contributed by atoms with Gasteiger partial charge in [0.05, 0.1) is 0 Å². The normalized spacial score (nSPS) is 33.4. The van der Waals surface area contributed by atoms with Gasteiger partial charge in [-0.3, -0.25) is 4.90 Å². The molecule has 2 heterocycles. The quantitative estimate of drug-likeness (QED) is 0.620. The van der Waals surface area contributed by atoms with Crippen LogP contribution in [-0.4, -0.2) is 61.8 Å². The molecular formula is C11H22N2O. The summed E-state index contributed by atoms with van der Waals surface area (Å²) in [4.78, 5) is 5.11. The Hall–Kier alpha value is -0.120. The van der Waals surface area contributed by atoms with Crippen LogP contribution in [0.2, 0.25) is 0 Å². The molecule has 3 nitrogen and oxygen atoms in total. The van der Waals surface area contributed by atoms with Gasteiger partial charge < -0.3 is 9.64 Å². The number of hydrogen-bond donors (Lipinski definition) is 0. The van der Waals surface area contributed by atoms with E-state index in [-0.39, 0.29) is 0 Å². The highest BCUT2D eigenvalue weighted by molar-refractivity contribution is 4.82. The van der Waals surface area contributed by atoms with Crippen molar-refractivity contribution in [2.24, 2.45) is 0 Å². The zero-order chi connectivity index (χ0) is 9.97. The summed E-state index contributed by atoms with van der Waals surface area (Å²) in [7, 11) is 2.23. The third-order valence-corrected chi connectivity index (χ3v) is 3.70. The topological polar surface area (TPSA) is 15.7 Å². The van der Waals surface area contributed by atoms with E-state index in [0.717, 1.165) is 19.3 Å². The Balaban J connectivity index is 1.85. The largest absolute Gasteiger partial charge is 0.381 e. The van der Waals surface area contributed by atoms with E-state index in [4.69, 9.17) is 4.74 Å². The van der Waals surface area contributed by atoms with Crippen LogP contribution >= 0.6 is 0 Å². The van der Waals surface area contributed by atoms with Crippen molar-refractivity contribution in [3.63, 3.8) is 0 Å². The Morgan fingerprint density at radius 2 is 1.86 bits per heavy atom. The number of rotatable bonds is 1. The number of likely N-dealkylation sites (N-methyl/N-ethyl adjacent to an activating group) is 1. The van der Waals surface area contributed by atoms with E-state index in [1.165, 1.54) is 32.5 Å². The second-order valence-corrected chi connectivity index (χ2v) is 4.67. The Morgan fingerprint density at radius 1 is 1.14 bits per heavy atom. The maximum absolute atomic E-state index is 5.40. The van der Waals surface area contributed by atoms with Crippen molar-refractivity contribution < 1.29 is 4.74 Å². The lowest BCUT2D eigenvalue weighted by atomic mass is 10.0. The second kappa shape index (κ2) is 4.60. The summed E-state index contributed by atoms with van der Waals surface area (Å²) in [6.07, 6.45) is 2.47. The number of piperazine rings is 1.